The number of esters is 1. The van der Waals surface area contributed by atoms with Crippen LogP contribution in [0.3, 0.4) is 0 Å². The first kappa shape index (κ1) is 18.8. The molecule has 2 heterocycles. The number of rotatable bonds is 5. The molecule has 1 aliphatic rings. The van der Waals surface area contributed by atoms with Gasteiger partial charge in [0.1, 0.15) is 18.8 Å². The molecule has 27 heavy (non-hydrogen) atoms. The Kier molecular flexibility index (Phi) is 5.97. The van der Waals surface area contributed by atoms with Gasteiger partial charge in [-0.25, -0.2) is 19.6 Å². The van der Waals surface area contributed by atoms with Crippen LogP contribution in [0.15, 0.2) is 29.6 Å². The first-order chi connectivity index (χ1) is 13.1. The Morgan fingerprint density at radius 1 is 1.22 bits per heavy atom. The first-order valence-corrected chi connectivity index (χ1v) is 9.39. The van der Waals surface area contributed by atoms with Crippen LogP contribution in [0.25, 0.3) is 0 Å². The minimum atomic E-state index is -0.611. The van der Waals surface area contributed by atoms with Gasteiger partial charge in [-0.05, 0) is 25.3 Å². The monoisotopic (exact) mass is 390 g/mol. The van der Waals surface area contributed by atoms with Gasteiger partial charge in [0, 0.05) is 18.0 Å². The second-order valence-corrected chi connectivity index (χ2v) is 6.05. The summed E-state index contributed by atoms with van der Waals surface area (Å²) in [5, 5.41) is 5.65. The van der Waals surface area contributed by atoms with Gasteiger partial charge in [-0.15, -0.1) is 0 Å². The highest BCUT2D eigenvalue weighted by Gasteiger charge is 2.18. The molecule has 0 saturated heterocycles. The molecule has 0 spiro atoms. The van der Waals surface area contributed by atoms with Gasteiger partial charge < -0.3 is 19.5 Å². The van der Waals surface area contributed by atoms with Crippen molar-refractivity contribution in [2.24, 2.45) is 0 Å². The van der Waals surface area contributed by atoms with E-state index in [1.165, 1.54) is 18.0 Å². The van der Waals surface area contributed by atoms with Gasteiger partial charge >= 0.3 is 12.0 Å². The zero-order valence-corrected chi connectivity index (χ0v) is 15.6. The van der Waals surface area contributed by atoms with Crippen molar-refractivity contribution in [3.63, 3.8) is 0 Å². The third kappa shape index (κ3) is 4.59. The number of aromatic nitrogens is 2. The van der Waals surface area contributed by atoms with Crippen molar-refractivity contribution >= 4 is 35.3 Å². The van der Waals surface area contributed by atoms with E-state index in [9.17, 15) is 9.59 Å². The average molecular weight is 390 g/mol. The minimum absolute atomic E-state index is 0.0721. The van der Waals surface area contributed by atoms with Crippen LogP contribution in [0.2, 0.25) is 0 Å². The summed E-state index contributed by atoms with van der Waals surface area (Å²) in [6, 6.07) is 4.49. The predicted octanol–water partition coefficient (Wildman–Crippen LogP) is 2.79. The van der Waals surface area contributed by atoms with Crippen LogP contribution in [-0.4, -0.2) is 48.0 Å². The molecule has 2 aromatic rings. The molecule has 1 aromatic carbocycles. The van der Waals surface area contributed by atoms with Gasteiger partial charge in [-0.1, -0.05) is 11.8 Å². The third-order valence-corrected chi connectivity index (χ3v) is 4.04. The molecule has 2 amide bonds. The fourth-order valence-electron chi connectivity index (χ4n) is 2.31. The second kappa shape index (κ2) is 8.58. The number of benzene rings is 1. The number of fused-ring (bicyclic) bond motifs is 1. The van der Waals surface area contributed by atoms with E-state index < -0.39 is 12.0 Å². The van der Waals surface area contributed by atoms with Crippen LogP contribution in [0.1, 0.15) is 17.3 Å². The Morgan fingerprint density at radius 2 is 2.00 bits per heavy atom. The molecular weight excluding hydrogens is 372 g/mol. The van der Waals surface area contributed by atoms with Crippen molar-refractivity contribution in [2.45, 2.75) is 12.1 Å². The summed E-state index contributed by atoms with van der Waals surface area (Å²) in [5.41, 5.74) is 0.584. The molecule has 142 valence electrons. The fourth-order valence-corrected chi connectivity index (χ4v) is 2.65. The molecule has 0 unspecified atom stereocenters. The van der Waals surface area contributed by atoms with E-state index in [0.29, 0.717) is 35.6 Å². The van der Waals surface area contributed by atoms with E-state index in [0.717, 1.165) is 0 Å². The molecule has 3 rings (SSSR count). The van der Waals surface area contributed by atoms with Crippen molar-refractivity contribution in [3.05, 3.63) is 30.0 Å². The summed E-state index contributed by atoms with van der Waals surface area (Å²) in [7, 11) is 0. The molecule has 10 heteroatoms. The van der Waals surface area contributed by atoms with Crippen LogP contribution in [-0.2, 0) is 4.74 Å². The summed E-state index contributed by atoms with van der Waals surface area (Å²) in [6.07, 6.45) is 3.12. The van der Waals surface area contributed by atoms with Gasteiger partial charge in [-0.2, -0.15) is 0 Å². The van der Waals surface area contributed by atoms with Gasteiger partial charge in [0.15, 0.2) is 22.5 Å². The van der Waals surface area contributed by atoms with E-state index in [1.807, 2.05) is 0 Å². The molecule has 0 aliphatic carbocycles. The number of amides is 2. The molecule has 0 radical (unpaired) electrons. The average Bonchev–Trinajstić information content (AvgIpc) is 2.67. The molecule has 1 aromatic heterocycles. The number of urea groups is 1. The lowest BCUT2D eigenvalue weighted by Gasteiger charge is -2.19. The number of nitrogens with one attached hydrogen (secondary N) is 2. The van der Waals surface area contributed by atoms with E-state index in [2.05, 4.69) is 20.6 Å². The summed E-state index contributed by atoms with van der Waals surface area (Å²) >= 11 is 1.29. The quantitative estimate of drug-likeness (QED) is 0.455. The fraction of sp³-hybridized carbons (Fsp3) is 0.294. The number of hydrogen-bond donors (Lipinski definition) is 2. The SMILES string of the molecule is CCOC(=O)c1cnc(SC)nc1NC(=O)Nc1ccc2c(c1)OCCO2. The highest BCUT2D eigenvalue weighted by atomic mass is 32.2. The van der Waals surface area contributed by atoms with Crippen molar-refractivity contribution in [3.8, 4) is 11.5 Å². The molecule has 1 aliphatic heterocycles. The van der Waals surface area contributed by atoms with E-state index in [4.69, 9.17) is 14.2 Å². The maximum Gasteiger partial charge on any atom is 0.343 e. The highest BCUT2D eigenvalue weighted by molar-refractivity contribution is 7.98. The molecule has 0 saturated carbocycles. The Bertz CT molecular complexity index is 861. The van der Waals surface area contributed by atoms with E-state index in [1.54, 1.807) is 31.4 Å². The lowest BCUT2D eigenvalue weighted by Crippen LogP contribution is -2.23. The van der Waals surface area contributed by atoms with Crippen LogP contribution in [0.5, 0.6) is 11.5 Å². The largest absolute Gasteiger partial charge is 0.486 e. The van der Waals surface area contributed by atoms with E-state index >= 15 is 0 Å². The smallest absolute Gasteiger partial charge is 0.343 e. The van der Waals surface area contributed by atoms with Crippen LogP contribution in [0.4, 0.5) is 16.3 Å². The Morgan fingerprint density at radius 3 is 2.74 bits per heavy atom. The lowest BCUT2D eigenvalue weighted by atomic mass is 10.2. The van der Waals surface area contributed by atoms with Crippen LogP contribution < -0.4 is 20.1 Å². The van der Waals surface area contributed by atoms with E-state index in [-0.39, 0.29) is 18.0 Å². The number of anilines is 2. The molecular formula is C17H18N4O5S. The van der Waals surface area contributed by atoms with Crippen molar-refractivity contribution in [2.75, 3.05) is 36.7 Å². The maximum atomic E-state index is 12.4. The van der Waals surface area contributed by atoms with Crippen molar-refractivity contribution < 1.29 is 23.8 Å². The minimum Gasteiger partial charge on any atom is -0.486 e. The zero-order chi connectivity index (χ0) is 19.2. The maximum absolute atomic E-state index is 12.4. The van der Waals surface area contributed by atoms with Gasteiger partial charge in [0.25, 0.3) is 0 Å². The topological polar surface area (TPSA) is 112 Å². The zero-order valence-electron chi connectivity index (χ0n) is 14.8. The number of ether oxygens (including phenoxy) is 3. The number of thioether (sulfide) groups is 1. The predicted molar refractivity (Wildman–Crippen MR) is 99.8 cm³/mol. The Labute approximate surface area is 159 Å². The van der Waals surface area contributed by atoms with Gasteiger partial charge in [0.05, 0.1) is 6.61 Å². The summed E-state index contributed by atoms with van der Waals surface area (Å²) in [5.74, 6) is 0.637. The van der Waals surface area contributed by atoms with Crippen LogP contribution in [0, 0.1) is 0 Å². The van der Waals surface area contributed by atoms with Gasteiger partial charge in [0.2, 0.25) is 0 Å². The summed E-state index contributed by atoms with van der Waals surface area (Å²) in [4.78, 5) is 32.7. The summed E-state index contributed by atoms with van der Waals surface area (Å²) < 4.78 is 15.9. The Balaban J connectivity index is 1.76. The number of nitrogens with zero attached hydrogens (tertiary/aromatic N) is 2. The summed E-state index contributed by atoms with van der Waals surface area (Å²) in [6.45, 7) is 2.83. The number of carbonyl (C=O) groups is 2. The van der Waals surface area contributed by atoms with Gasteiger partial charge in [-0.3, -0.25) is 5.32 Å². The lowest BCUT2D eigenvalue weighted by molar-refractivity contribution is 0.0526. The highest BCUT2D eigenvalue weighted by Crippen LogP contribution is 2.32. The van der Waals surface area contributed by atoms with Crippen LogP contribution >= 0.6 is 11.8 Å². The number of hydrogen-bond acceptors (Lipinski definition) is 8. The second-order valence-electron chi connectivity index (χ2n) is 5.28. The normalized spacial score (nSPS) is 12.2. The standard InChI is InChI=1S/C17H18N4O5S/c1-3-24-15(22)11-9-18-17(27-2)21-14(11)20-16(23)19-10-4-5-12-13(8-10)26-7-6-25-12/h4-5,8-9H,3,6-7H2,1-2H3,(H2,18,19,20,21,23). The molecule has 0 atom stereocenters. The Hall–Kier alpha value is -3.01. The third-order valence-electron chi connectivity index (χ3n) is 3.48. The number of carbonyl (C=O) groups excluding carboxylic acids is 2. The molecule has 2 N–H and O–H groups in total. The van der Waals surface area contributed by atoms with Crippen molar-refractivity contribution in [1.82, 2.24) is 9.97 Å². The molecule has 9 nitrogen and oxygen atoms in total. The molecule has 0 bridgehead atoms. The van der Waals surface area contributed by atoms with Crippen molar-refractivity contribution in [1.29, 1.82) is 0 Å². The first-order valence-electron chi connectivity index (χ1n) is 8.16. The molecule has 0 fully saturated rings.